The maximum absolute atomic E-state index is 11.0. The van der Waals surface area contributed by atoms with Crippen LogP contribution in [0.3, 0.4) is 0 Å². The van der Waals surface area contributed by atoms with Crippen molar-refractivity contribution in [3.05, 3.63) is 28.3 Å². The van der Waals surface area contributed by atoms with Crippen LogP contribution >= 0.6 is 11.6 Å². The number of aryl methyl sites for hydroxylation is 1. The van der Waals surface area contributed by atoms with Crippen molar-refractivity contribution < 1.29 is 4.79 Å². The zero-order chi connectivity index (χ0) is 12.7. The van der Waals surface area contributed by atoms with E-state index in [1.165, 1.54) is 0 Å². The van der Waals surface area contributed by atoms with Crippen molar-refractivity contribution in [2.75, 3.05) is 5.32 Å². The first kappa shape index (κ1) is 15.0. The summed E-state index contributed by atoms with van der Waals surface area (Å²) in [6, 6.07) is 3.76. The van der Waals surface area contributed by atoms with E-state index in [1.807, 2.05) is 40.7 Å². The highest BCUT2D eigenvalue weighted by atomic mass is 35.5. The second-order valence-corrected chi connectivity index (χ2v) is 3.39. The zero-order valence-electron chi connectivity index (χ0n) is 10.6. The first-order chi connectivity index (χ1) is 7.66. The van der Waals surface area contributed by atoms with Gasteiger partial charge in [0.15, 0.2) is 0 Å². The molecule has 0 radical (unpaired) electrons. The van der Waals surface area contributed by atoms with Crippen LogP contribution in [0.4, 0.5) is 5.69 Å². The van der Waals surface area contributed by atoms with E-state index in [4.69, 9.17) is 11.6 Å². The third-order valence-corrected chi connectivity index (χ3v) is 2.42. The lowest BCUT2D eigenvalue weighted by Gasteiger charge is -2.01. The quantitative estimate of drug-likeness (QED) is 0.725. The van der Waals surface area contributed by atoms with E-state index in [0.717, 1.165) is 16.8 Å². The Morgan fingerprint density at radius 2 is 1.75 bits per heavy atom. The summed E-state index contributed by atoms with van der Waals surface area (Å²) in [7, 11) is 0. The van der Waals surface area contributed by atoms with Crippen LogP contribution in [0.5, 0.6) is 0 Å². The molecular weight excluding hydrogens is 222 g/mol. The maximum Gasteiger partial charge on any atom is 0.228 e. The fraction of sp³-hybridized carbons (Fsp3) is 0.462. The van der Waals surface area contributed by atoms with Gasteiger partial charge >= 0.3 is 0 Å². The topological polar surface area (TPSA) is 29.1 Å². The fourth-order valence-electron chi connectivity index (χ4n) is 1.37. The van der Waals surface area contributed by atoms with Crippen LogP contribution < -0.4 is 5.32 Å². The highest BCUT2D eigenvalue weighted by Crippen LogP contribution is 2.28. The molecule has 1 aromatic rings. The van der Waals surface area contributed by atoms with Crippen molar-refractivity contribution >= 4 is 23.2 Å². The molecule has 0 atom stereocenters. The van der Waals surface area contributed by atoms with E-state index in [2.05, 4.69) is 5.32 Å². The van der Waals surface area contributed by atoms with Gasteiger partial charge in [0.05, 0.1) is 6.42 Å². The first-order valence-electron chi connectivity index (χ1n) is 5.75. The van der Waals surface area contributed by atoms with Crippen LogP contribution in [-0.2, 0) is 11.2 Å². The SMILES string of the molecule is CC.CC.Cc1cc2c(cc1Cl)NC(=O)C2. The van der Waals surface area contributed by atoms with Crippen molar-refractivity contribution in [1.29, 1.82) is 0 Å². The molecule has 3 heteroatoms. The van der Waals surface area contributed by atoms with Crippen LogP contribution in [0, 0.1) is 6.92 Å². The molecule has 0 fully saturated rings. The number of amides is 1. The summed E-state index contributed by atoms with van der Waals surface area (Å²) in [5.74, 6) is 0.0478. The summed E-state index contributed by atoms with van der Waals surface area (Å²) in [6.07, 6.45) is 0.480. The Hall–Kier alpha value is -1.02. The number of halogens is 1. The Morgan fingerprint density at radius 1 is 1.19 bits per heavy atom. The van der Waals surface area contributed by atoms with Gasteiger partial charge in [-0.15, -0.1) is 0 Å². The predicted molar refractivity (Wildman–Crippen MR) is 71.2 cm³/mol. The molecule has 16 heavy (non-hydrogen) atoms. The molecule has 0 saturated heterocycles. The lowest BCUT2D eigenvalue weighted by atomic mass is 10.1. The molecule has 1 heterocycles. The number of anilines is 1. The number of hydrogen-bond donors (Lipinski definition) is 1. The summed E-state index contributed by atoms with van der Waals surface area (Å²) in [5, 5.41) is 3.45. The van der Waals surface area contributed by atoms with Crippen LogP contribution in [0.15, 0.2) is 12.1 Å². The van der Waals surface area contributed by atoms with Crippen molar-refractivity contribution in [3.63, 3.8) is 0 Å². The summed E-state index contributed by atoms with van der Waals surface area (Å²) >= 11 is 5.89. The Kier molecular flexibility index (Phi) is 6.82. The number of fused-ring (bicyclic) bond motifs is 1. The van der Waals surface area contributed by atoms with Crippen LogP contribution in [0.2, 0.25) is 5.02 Å². The number of carbonyl (C=O) groups excluding carboxylic acids is 1. The molecule has 0 saturated carbocycles. The minimum absolute atomic E-state index is 0.0478. The smallest absolute Gasteiger partial charge is 0.228 e. The maximum atomic E-state index is 11.0. The molecule has 1 aromatic carbocycles. The summed E-state index contributed by atoms with van der Waals surface area (Å²) < 4.78 is 0. The Morgan fingerprint density at radius 3 is 2.31 bits per heavy atom. The van der Waals surface area contributed by atoms with Gasteiger partial charge in [-0.05, 0) is 24.1 Å². The highest BCUT2D eigenvalue weighted by molar-refractivity contribution is 6.31. The Balaban J connectivity index is 0.000000509. The van der Waals surface area contributed by atoms with Gasteiger partial charge in [0, 0.05) is 10.7 Å². The molecule has 1 N–H and O–H groups in total. The van der Waals surface area contributed by atoms with Crippen LogP contribution in [-0.4, -0.2) is 5.91 Å². The lowest BCUT2D eigenvalue weighted by Crippen LogP contribution is -2.03. The Bertz CT molecular complexity index is 328. The minimum atomic E-state index is 0.0478. The van der Waals surface area contributed by atoms with Gasteiger partial charge in [0.25, 0.3) is 0 Å². The van der Waals surface area contributed by atoms with Gasteiger partial charge in [-0.25, -0.2) is 0 Å². The van der Waals surface area contributed by atoms with E-state index in [0.29, 0.717) is 11.4 Å². The largest absolute Gasteiger partial charge is 0.325 e. The van der Waals surface area contributed by atoms with Gasteiger partial charge in [-0.1, -0.05) is 45.4 Å². The molecule has 1 amide bonds. The van der Waals surface area contributed by atoms with Crippen LogP contribution in [0.1, 0.15) is 38.8 Å². The van der Waals surface area contributed by atoms with E-state index in [9.17, 15) is 4.79 Å². The predicted octanol–water partition coefficient (Wildman–Crippen LogP) is 4.20. The normalized spacial score (nSPS) is 11.5. The lowest BCUT2D eigenvalue weighted by molar-refractivity contribution is -0.115. The number of hydrogen-bond acceptors (Lipinski definition) is 1. The monoisotopic (exact) mass is 241 g/mol. The van der Waals surface area contributed by atoms with Gasteiger partial charge in [-0.2, -0.15) is 0 Å². The van der Waals surface area contributed by atoms with Crippen molar-refractivity contribution in [3.8, 4) is 0 Å². The summed E-state index contributed by atoms with van der Waals surface area (Å²) in [6.45, 7) is 9.94. The van der Waals surface area contributed by atoms with Crippen LogP contribution in [0.25, 0.3) is 0 Å². The third kappa shape index (κ3) is 3.53. The summed E-state index contributed by atoms with van der Waals surface area (Å²) in [5.41, 5.74) is 2.92. The molecule has 1 aliphatic heterocycles. The summed E-state index contributed by atoms with van der Waals surface area (Å²) in [4.78, 5) is 11.0. The van der Waals surface area contributed by atoms with Gasteiger partial charge < -0.3 is 5.32 Å². The number of carbonyl (C=O) groups is 1. The molecule has 2 nitrogen and oxygen atoms in total. The zero-order valence-corrected chi connectivity index (χ0v) is 11.4. The van der Waals surface area contributed by atoms with E-state index in [-0.39, 0.29) is 5.91 Å². The Labute approximate surface area is 103 Å². The molecule has 1 aliphatic rings. The molecule has 90 valence electrons. The fourth-order valence-corrected chi connectivity index (χ4v) is 1.53. The minimum Gasteiger partial charge on any atom is -0.325 e. The second-order valence-electron chi connectivity index (χ2n) is 2.98. The van der Waals surface area contributed by atoms with Gasteiger partial charge in [-0.3, -0.25) is 4.79 Å². The average molecular weight is 242 g/mol. The second kappa shape index (κ2) is 7.29. The first-order valence-corrected chi connectivity index (χ1v) is 6.13. The number of rotatable bonds is 0. The third-order valence-electron chi connectivity index (χ3n) is 2.01. The average Bonchev–Trinajstić information content (AvgIpc) is 2.64. The molecule has 0 spiro atoms. The van der Waals surface area contributed by atoms with Gasteiger partial charge in [0.1, 0.15) is 0 Å². The number of benzene rings is 1. The molecule has 0 aliphatic carbocycles. The van der Waals surface area contributed by atoms with Crippen molar-refractivity contribution in [2.45, 2.75) is 41.0 Å². The molecule has 0 bridgehead atoms. The molecule has 0 unspecified atom stereocenters. The molecule has 2 rings (SSSR count). The number of nitrogens with one attached hydrogen (secondary N) is 1. The highest BCUT2D eigenvalue weighted by Gasteiger charge is 2.18. The standard InChI is InChI=1S/C9H8ClNO.2C2H6/c1-5-2-6-3-9(12)11-8(6)4-7(5)10;2*1-2/h2,4H,3H2,1H3,(H,11,12);2*1-2H3. The molecular formula is C13H20ClNO. The van der Waals surface area contributed by atoms with E-state index >= 15 is 0 Å². The van der Waals surface area contributed by atoms with Crippen molar-refractivity contribution in [1.82, 2.24) is 0 Å². The van der Waals surface area contributed by atoms with E-state index < -0.39 is 0 Å². The van der Waals surface area contributed by atoms with Gasteiger partial charge in [0.2, 0.25) is 5.91 Å². The van der Waals surface area contributed by atoms with Crippen molar-refractivity contribution in [2.24, 2.45) is 0 Å². The molecule has 0 aromatic heterocycles. The van der Waals surface area contributed by atoms with E-state index in [1.54, 1.807) is 6.07 Å².